The molecule has 32 heteroatoms. The lowest BCUT2D eigenvalue weighted by atomic mass is 9.96. The van der Waals surface area contributed by atoms with Crippen LogP contribution in [0.25, 0.3) is 32.6 Å². The Kier molecular flexibility index (Phi) is 16.6. The number of aromatic nitrogens is 2. The Hall–Kier alpha value is -10.9. The molecule has 75 heavy (non-hydrogen) atoms. The number of carbonyl (C=O) groups excluding carboxylic acids is 6. The summed E-state index contributed by atoms with van der Waals surface area (Å²) < 4.78 is 4.90. The molecular formula is C43H48N22O10. The van der Waals surface area contributed by atoms with E-state index in [4.69, 9.17) is 56.2 Å². The second kappa shape index (κ2) is 23.3. The van der Waals surface area contributed by atoms with Gasteiger partial charge in [0, 0.05) is 12.6 Å². The molecular weight excluding hydrogens is 985 g/mol. The Morgan fingerprint density at radius 2 is 1.04 bits per heavy atom. The third-order valence-corrected chi connectivity index (χ3v) is 10.5. The van der Waals surface area contributed by atoms with Crippen molar-refractivity contribution < 1.29 is 43.4 Å². The van der Waals surface area contributed by atoms with Crippen LogP contribution in [0, 0.1) is 10.1 Å². The van der Waals surface area contributed by atoms with Crippen molar-refractivity contribution >= 4 is 103 Å². The van der Waals surface area contributed by atoms with Gasteiger partial charge in [-0.1, -0.05) is 78.9 Å². The average Bonchev–Trinajstić information content (AvgIpc) is 3.86. The fourth-order valence-corrected chi connectivity index (χ4v) is 7.36. The molecule has 24 N–H and O–H groups in total. The third-order valence-electron chi connectivity index (χ3n) is 10.5. The van der Waals surface area contributed by atoms with Crippen LogP contribution in [-0.4, -0.2) is 111 Å². The zero-order valence-corrected chi connectivity index (χ0v) is 38.8. The number of aliphatic hydroxyl groups is 1. The Morgan fingerprint density at radius 1 is 0.573 bits per heavy atom. The Balaban J connectivity index is 1.32. The first-order chi connectivity index (χ1) is 35.6. The van der Waals surface area contributed by atoms with Crippen LogP contribution in [0.5, 0.6) is 0 Å². The first-order valence-electron chi connectivity index (χ1n) is 21.6. The van der Waals surface area contributed by atoms with Crippen LogP contribution < -0.4 is 83.1 Å². The van der Waals surface area contributed by atoms with E-state index in [0.29, 0.717) is 10.9 Å². The SMILES string of the molecule is NC(=O)C(N=C(N)N)NC(=O)C(N=C(N)N)NC(=O)C(N=C(N)N)NC(=O)C(N=C(N)N)NC(=O)C(NC(=O)C(O)N(Cc1cc2ccccc2c2ccccc12)c1ccc([N+](=O)[O-])c2nonc12)c1ccccc1. The molecule has 0 spiro atoms. The van der Waals surface area contributed by atoms with Gasteiger partial charge in [0.15, 0.2) is 29.4 Å². The second-order valence-corrected chi connectivity index (χ2v) is 15.7. The lowest BCUT2D eigenvalue weighted by Gasteiger charge is -2.31. The number of nitrogens with zero attached hydrogens (tertiary/aromatic N) is 8. The van der Waals surface area contributed by atoms with Crippen molar-refractivity contribution in [2.24, 2.45) is 71.6 Å². The molecule has 0 fully saturated rings. The largest absolute Gasteiger partial charge is 0.370 e. The van der Waals surface area contributed by atoms with Crippen molar-refractivity contribution in [3.63, 3.8) is 0 Å². The minimum absolute atomic E-state index is 0.0487. The van der Waals surface area contributed by atoms with Gasteiger partial charge in [-0.2, -0.15) is 0 Å². The smallest absolute Gasteiger partial charge is 0.300 e. The molecule has 6 rings (SSSR count). The number of hydrogen-bond donors (Lipinski definition) is 15. The maximum absolute atomic E-state index is 14.6. The molecule has 1 aromatic heterocycles. The van der Waals surface area contributed by atoms with Crippen LogP contribution >= 0.6 is 0 Å². The lowest BCUT2D eigenvalue weighted by molar-refractivity contribution is -0.383. The highest BCUT2D eigenvalue weighted by atomic mass is 16.6. The number of hydrogen-bond acceptors (Lipinski definition) is 17. The number of rotatable bonds is 21. The van der Waals surface area contributed by atoms with E-state index in [2.05, 4.69) is 46.2 Å². The van der Waals surface area contributed by atoms with Gasteiger partial charge in [-0.05, 0) is 55.1 Å². The second-order valence-electron chi connectivity index (χ2n) is 15.7. The van der Waals surface area contributed by atoms with Gasteiger partial charge >= 0.3 is 5.69 Å². The number of fused-ring (bicyclic) bond motifs is 4. The van der Waals surface area contributed by atoms with E-state index >= 15 is 0 Å². The summed E-state index contributed by atoms with van der Waals surface area (Å²) in [7, 11) is 0. The number of carbonyl (C=O) groups is 6. The number of anilines is 1. The number of non-ortho nitro benzene ring substituents is 1. The molecule has 0 saturated carbocycles. The predicted octanol–water partition coefficient (Wildman–Crippen LogP) is -5.03. The summed E-state index contributed by atoms with van der Waals surface area (Å²) in [4.78, 5) is 108. The Bertz CT molecular complexity index is 3300. The summed E-state index contributed by atoms with van der Waals surface area (Å²) in [5.74, 6) is -10.9. The molecule has 6 atom stereocenters. The molecule has 32 nitrogen and oxygen atoms in total. The molecule has 0 saturated heterocycles. The van der Waals surface area contributed by atoms with E-state index in [0.717, 1.165) is 27.1 Å². The molecule has 390 valence electrons. The highest BCUT2D eigenvalue weighted by Crippen LogP contribution is 2.35. The topological polar surface area (TPSA) is 552 Å². The fraction of sp³-hybridized carbons (Fsp3) is 0.163. The van der Waals surface area contributed by atoms with Gasteiger partial charge in [-0.25, -0.2) is 24.6 Å². The zero-order valence-electron chi connectivity index (χ0n) is 38.8. The van der Waals surface area contributed by atoms with Gasteiger partial charge in [0.1, 0.15) is 6.04 Å². The number of amides is 6. The summed E-state index contributed by atoms with van der Waals surface area (Å²) in [6.07, 6.45) is -10.6. The number of benzene rings is 5. The minimum atomic E-state index is -2.23. The average molecular weight is 1030 g/mol. The molecule has 0 aliphatic rings. The van der Waals surface area contributed by atoms with Crippen molar-refractivity contribution in [2.45, 2.75) is 43.5 Å². The summed E-state index contributed by atoms with van der Waals surface area (Å²) in [5, 5.41) is 45.8. The number of aliphatic imine (C=N–C) groups is 4. The van der Waals surface area contributed by atoms with Crippen LogP contribution in [0.4, 0.5) is 11.4 Å². The van der Waals surface area contributed by atoms with Gasteiger partial charge < -0.3 is 88.2 Å². The van der Waals surface area contributed by atoms with E-state index in [9.17, 15) is 44.0 Å². The summed E-state index contributed by atoms with van der Waals surface area (Å²) >= 11 is 0. The van der Waals surface area contributed by atoms with Gasteiger partial charge in [0.05, 0.1) is 10.6 Å². The summed E-state index contributed by atoms with van der Waals surface area (Å²) in [6, 6.07) is 24.7. The number of aliphatic hydroxyl groups excluding tert-OH is 1. The van der Waals surface area contributed by atoms with Gasteiger partial charge in [0.25, 0.3) is 29.5 Å². The fourth-order valence-electron chi connectivity index (χ4n) is 7.36. The molecule has 0 aliphatic heterocycles. The number of guanidine groups is 4. The van der Waals surface area contributed by atoms with Crippen LogP contribution in [0.15, 0.2) is 122 Å². The lowest BCUT2D eigenvalue weighted by Crippen LogP contribution is -2.58. The number of nitro groups is 1. The first kappa shape index (κ1) is 53.4. The number of nitrogens with two attached hydrogens (primary N) is 9. The summed E-state index contributed by atoms with van der Waals surface area (Å²) in [5.41, 5.74) is 48.7. The standard InChI is InChI=1S/C43H48N22O10/c44-29(66)30(58-40(45)46)54-35(68)32(60-42(49)50)56-37(70)33(61-43(51)52)57-36(69)31(59-41(47)48)55-34(67)26(18-8-2-1-3-9-18)53-38(71)39(72)64(24-14-15-25(65(73)74)28-27(24)62-75-63-28)17-20-16-19-10-4-5-11-21(19)23-13-7-6-12-22(20)23/h1-16,26,30-33,39,72H,17H2,(H2,44,66)(H,53,71)(H,54,68)(H,55,67)(H,56,70)(H,57,69)(H4,45,46,58)(H4,47,48,59)(H4,49,50,60)(H4,51,52,61). The van der Waals surface area contributed by atoms with Crippen molar-refractivity contribution in [1.82, 2.24) is 36.9 Å². The molecule has 6 unspecified atom stereocenters. The maximum atomic E-state index is 14.6. The Morgan fingerprint density at radius 3 is 1.57 bits per heavy atom. The first-order valence-corrected chi connectivity index (χ1v) is 21.6. The van der Waals surface area contributed by atoms with Crippen LogP contribution in [0.2, 0.25) is 0 Å². The van der Waals surface area contributed by atoms with E-state index in [1.807, 2.05) is 59.2 Å². The van der Waals surface area contributed by atoms with E-state index < -0.39 is 107 Å². The van der Waals surface area contributed by atoms with Gasteiger partial charge in [-0.15, -0.1) is 0 Å². The van der Waals surface area contributed by atoms with Crippen molar-refractivity contribution in [3.05, 3.63) is 118 Å². The van der Waals surface area contributed by atoms with Crippen molar-refractivity contribution in [3.8, 4) is 0 Å². The zero-order chi connectivity index (χ0) is 54.7. The minimum Gasteiger partial charge on any atom is -0.370 e. The van der Waals surface area contributed by atoms with E-state index in [1.54, 1.807) is 12.1 Å². The number of nitrogens with one attached hydrogen (secondary N) is 5. The monoisotopic (exact) mass is 1030 g/mol. The van der Waals surface area contributed by atoms with Crippen LogP contribution in [-0.2, 0) is 35.3 Å². The summed E-state index contributed by atoms with van der Waals surface area (Å²) in [6.45, 7) is -0.261. The molecule has 0 aliphatic carbocycles. The quantitative estimate of drug-likeness (QED) is 0.00801. The molecule has 0 radical (unpaired) electrons. The van der Waals surface area contributed by atoms with E-state index in [-0.39, 0.29) is 28.8 Å². The predicted molar refractivity (Wildman–Crippen MR) is 270 cm³/mol. The highest BCUT2D eigenvalue weighted by Gasteiger charge is 2.36. The highest BCUT2D eigenvalue weighted by molar-refractivity contribution is 6.09. The van der Waals surface area contributed by atoms with Crippen LogP contribution in [0.3, 0.4) is 0 Å². The molecule has 5 aromatic carbocycles. The molecule has 0 bridgehead atoms. The Labute approximate surface area is 420 Å². The van der Waals surface area contributed by atoms with E-state index in [1.165, 1.54) is 30.3 Å². The number of primary amides is 1. The van der Waals surface area contributed by atoms with Gasteiger partial charge in [0.2, 0.25) is 42.3 Å². The normalized spacial score (nSPS) is 13.2. The van der Waals surface area contributed by atoms with Crippen molar-refractivity contribution in [1.29, 1.82) is 0 Å². The van der Waals surface area contributed by atoms with Gasteiger partial charge in [-0.3, -0.25) is 38.9 Å². The maximum Gasteiger partial charge on any atom is 0.300 e. The molecule has 1 heterocycles. The molecule has 6 aromatic rings. The van der Waals surface area contributed by atoms with Crippen molar-refractivity contribution in [2.75, 3.05) is 4.90 Å². The third kappa shape index (κ3) is 13.1. The number of nitro benzene ring substituents is 1. The van der Waals surface area contributed by atoms with Crippen LogP contribution in [0.1, 0.15) is 17.2 Å². The molecule has 6 amide bonds.